The zero-order valence-electron chi connectivity index (χ0n) is 12.1. The molecule has 0 spiro atoms. The van der Waals surface area contributed by atoms with Crippen molar-refractivity contribution in [2.24, 2.45) is 5.92 Å². The van der Waals surface area contributed by atoms with Crippen molar-refractivity contribution < 1.29 is 4.79 Å². The number of hydrogen-bond donors (Lipinski definition) is 1. The minimum atomic E-state index is -0.0315. The quantitative estimate of drug-likeness (QED) is 0.921. The normalized spacial score (nSPS) is 26.8. The molecular weight excluding hydrogens is 296 g/mol. The molecule has 0 unspecified atom stereocenters. The average Bonchev–Trinajstić information content (AvgIpc) is 2.99. The molecule has 5 nitrogen and oxygen atoms in total. The number of carbonyl (C=O) groups is 1. The fraction of sp³-hybridized carbons (Fsp3) is 0.438. The average molecular weight is 312 g/mol. The maximum Gasteiger partial charge on any atom is 0.263 e. The molecule has 22 heavy (non-hydrogen) atoms. The molecule has 4 heterocycles. The third-order valence-electron chi connectivity index (χ3n) is 4.79. The molecule has 1 N–H and O–H groups in total. The maximum atomic E-state index is 12.6. The fourth-order valence-electron chi connectivity index (χ4n) is 3.54. The summed E-state index contributed by atoms with van der Waals surface area (Å²) in [6, 6.07) is 7.65. The summed E-state index contributed by atoms with van der Waals surface area (Å²) in [6.45, 7) is 3.29. The van der Waals surface area contributed by atoms with E-state index in [1.54, 1.807) is 12.1 Å². The van der Waals surface area contributed by atoms with E-state index >= 15 is 0 Å². The predicted octanol–water partition coefficient (Wildman–Crippen LogP) is 1.99. The summed E-state index contributed by atoms with van der Waals surface area (Å²) in [7, 11) is 0. The Morgan fingerprint density at radius 2 is 2.23 bits per heavy atom. The second-order valence-corrected chi connectivity index (χ2v) is 6.85. The van der Waals surface area contributed by atoms with Crippen LogP contribution < -0.4 is 5.32 Å². The standard InChI is InChI=1S/C16H16N4OS/c17-8-10-1-2-12-13(7-10)19-22-15(12)16(21)18-14-9-20-5-3-11(14)4-6-20/h1-2,7,11,14H,3-6,9H2,(H,18,21)/t14-/m1/s1. The highest BCUT2D eigenvalue weighted by Crippen LogP contribution is 2.29. The van der Waals surface area contributed by atoms with E-state index in [1.165, 1.54) is 24.4 Å². The smallest absolute Gasteiger partial charge is 0.263 e. The Hall–Kier alpha value is -1.97. The Bertz CT molecular complexity index is 770. The Balaban J connectivity index is 1.57. The lowest BCUT2D eigenvalue weighted by atomic mass is 9.84. The van der Waals surface area contributed by atoms with Gasteiger partial charge in [0.2, 0.25) is 0 Å². The lowest BCUT2D eigenvalue weighted by Crippen LogP contribution is -2.57. The number of amides is 1. The molecule has 3 fully saturated rings. The van der Waals surface area contributed by atoms with Gasteiger partial charge >= 0.3 is 0 Å². The molecule has 0 aliphatic carbocycles. The van der Waals surface area contributed by atoms with Gasteiger partial charge in [0.1, 0.15) is 4.88 Å². The van der Waals surface area contributed by atoms with E-state index in [2.05, 4.69) is 20.7 Å². The zero-order valence-corrected chi connectivity index (χ0v) is 12.9. The van der Waals surface area contributed by atoms with Crippen molar-refractivity contribution in [3.05, 3.63) is 28.6 Å². The highest BCUT2D eigenvalue weighted by atomic mass is 32.1. The summed E-state index contributed by atoms with van der Waals surface area (Å²) in [5.74, 6) is 0.578. The summed E-state index contributed by atoms with van der Waals surface area (Å²) in [4.78, 5) is 15.7. The van der Waals surface area contributed by atoms with Crippen molar-refractivity contribution in [3.8, 4) is 6.07 Å². The first-order valence-electron chi connectivity index (χ1n) is 7.57. The molecule has 2 bridgehead atoms. The highest BCUT2D eigenvalue weighted by molar-refractivity contribution is 7.09. The first-order chi connectivity index (χ1) is 10.7. The second-order valence-electron chi connectivity index (χ2n) is 6.07. The molecule has 112 valence electrons. The number of piperidine rings is 3. The van der Waals surface area contributed by atoms with E-state index in [9.17, 15) is 4.79 Å². The maximum absolute atomic E-state index is 12.6. The van der Waals surface area contributed by atoms with E-state index in [1.807, 2.05) is 6.07 Å². The molecule has 6 heteroatoms. The molecule has 1 atom stereocenters. The minimum absolute atomic E-state index is 0.0315. The Morgan fingerprint density at radius 1 is 1.41 bits per heavy atom. The van der Waals surface area contributed by atoms with Gasteiger partial charge in [-0.05, 0) is 61.6 Å². The molecule has 2 aromatic rings. The van der Waals surface area contributed by atoms with Gasteiger partial charge in [0.15, 0.2) is 0 Å². The summed E-state index contributed by atoms with van der Waals surface area (Å²) in [5.41, 5.74) is 1.30. The van der Waals surface area contributed by atoms with Crippen LogP contribution in [0, 0.1) is 17.2 Å². The molecule has 3 saturated heterocycles. The molecule has 5 rings (SSSR count). The van der Waals surface area contributed by atoms with Crippen LogP contribution >= 0.6 is 11.5 Å². The van der Waals surface area contributed by atoms with Crippen molar-refractivity contribution in [1.29, 1.82) is 5.26 Å². The van der Waals surface area contributed by atoms with Gasteiger partial charge in [-0.2, -0.15) is 9.64 Å². The van der Waals surface area contributed by atoms with Crippen LogP contribution in [0.3, 0.4) is 0 Å². The number of rotatable bonds is 2. The van der Waals surface area contributed by atoms with Crippen molar-refractivity contribution in [2.75, 3.05) is 19.6 Å². The lowest BCUT2D eigenvalue weighted by molar-refractivity contribution is 0.0623. The Kier molecular flexibility index (Phi) is 3.32. The molecule has 1 aromatic heterocycles. The topological polar surface area (TPSA) is 69.0 Å². The molecule has 0 saturated carbocycles. The third-order valence-corrected chi connectivity index (χ3v) is 5.66. The predicted molar refractivity (Wildman–Crippen MR) is 84.8 cm³/mol. The van der Waals surface area contributed by atoms with Gasteiger partial charge in [0.05, 0.1) is 17.1 Å². The molecule has 1 amide bonds. The largest absolute Gasteiger partial charge is 0.347 e. The number of aromatic nitrogens is 1. The summed E-state index contributed by atoms with van der Waals surface area (Å²) >= 11 is 1.21. The van der Waals surface area contributed by atoms with Crippen molar-refractivity contribution in [1.82, 2.24) is 14.6 Å². The molecule has 3 aliphatic heterocycles. The van der Waals surface area contributed by atoms with E-state index in [0.717, 1.165) is 30.5 Å². The molecule has 1 aromatic carbocycles. The van der Waals surface area contributed by atoms with Crippen molar-refractivity contribution in [3.63, 3.8) is 0 Å². The van der Waals surface area contributed by atoms with Crippen LogP contribution in [-0.2, 0) is 0 Å². The van der Waals surface area contributed by atoms with Gasteiger partial charge in [-0.3, -0.25) is 4.79 Å². The van der Waals surface area contributed by atoms with Crippen LogP contribution in [-0.4, -0.2) is 40.9 Å². The van der Waals surface area contributed by atoms with Crippen LogP contribution in [0.15, 0.2) is 18.2 Å². The van der Waals surface area contributed by atoms with Crippen LogP contribution in [0.5, 0.6) is 0 Å². The number of fused-ring (bicyclic) bond motifs is 4. The minimum Gasteiger partial charge on any atom is -0.347 e. The number of carbonyl (C=O) groups excluding carboxylic acids is 1. The number of nitrogens with zero attached hydrogens (tertiary/aromatic N) is 3. The van der Waals surface area contributed by atoms with Gasteiger partial charge in [-0.15, -0.1) is 0 Å². The number of nitrogens with one attached hydrogen (secondary N) is 1. The number of benzene rings is 1. The fourth-order valence-corrected chi connectivity index (χ4v) is 4.29. The van der Waals surface area contributed by atoms with Crippen LogP contribution in [0.2, 0.25) is 0 Å². The zero-order chi connectivity index (χ0) is 15.1. The summed E-state index contributed by atoms with van der Waals surface area (Å²) < 4.78 is 4.31. The first kappa shape index (κ1) is 13.7. The van der Waals surface area contributed by atoms with E-state index in [-0.39, 0.29) is 11.9 Å². The summed E-state index contributed by atoms with van der Waals surface area (Å²) in [6.07, 6.45) is 2.36. The van der Waals surface area contributed by atoms with E-state index in [0.29, 0.717) is 16.4 Å². The monoisotopic (exact) mass is 312 g/mol. The number of nitriles is 1. The number of hydrogen-bond acceptors (Lipinski definition) is 5. The van der Waals surface area contributed by atoms with E-state index in [4.69, 9.17) is 5.26 Å². The molecule has 3 aliphatic rings. The third kappa shape index (κ3) is 2.27. The lowest BCUT2D eigenvalue weighted by Gasteiger charge is -2.44. The highest BCUT2D eigenvalue weighted by Gasteiger charge is 2.35. The SMILES string of the molecule is N#Cc1ccc2c(C(=O)N[C@@H]3CN4CCC3CC4)snc2c1. The van der Waals surface area contributed by atoms with Crippen LogP contribution in [0.1, 0.15) is 28.1 Å². The van der Waals surface area contributed by atoms with E-state index < -0.39 is 0 Å². The van der Waals surface area contributed by atoms with Crippen molar-refractivity contribution in [2.45, 2.75) is 18.9 Å². The second kappa shape index (κ2) is 5.34. The van der Waals surface area contributed by atoms with Crippen LogP contribution in [0.4, 0.5) is 0 Å². The van der Waals surface area contributed by atoms with Gasteiger partial charge in [0.25, 0.3) is 5.91 Å². The van der Waals surface area contributed by atoms with Gasteiger partial charge in [0, 0.05) is 18.0 Å². The van der Waals surface area contributed by atoms with Gasteiger partial charge in [-0.1, -0.05) is 0 Å². The van der Waals surface area contributed by atoms with Gasteiger partial charge < -0.3 is 10.2 Å². The Morgan fingerprint density at radius 3 is 2.91 bits per heavy atom. The van der Waals surface area contributed by atoms with Crippen LogP contribution in [0.25, 0.3) is 10.9 Å². The van der Waals surface area contributed by atoms with Gasteiger partial charge in [-0.25, -0.2) is 0 Å². The molecule has 0 radical (unpaired) electrons. The Labute approximate surface area is 132 Å². The van der Waals surface area contributed by atoms with Crippen molar-refractivity contribution >= 4 is 28.3 Å². The first-order valence-corrected chi connectivity index (χ1v) is 8.34. The summed E-state index contributed by atoms with van der Waals surface area (Å²) in [5, 5.41) is 13.0. The molecular formula is C16H16N4OS.